The number of ether oxygens (including phenoxy) is 1. The van der Waals surface area contributed by atoms with Crippen molar-refractivity contribution in [3.63, 3.8) is 0 Å². The molecule has 0 unspecified atom stereocenters. The summed E-state index contributed by atoms with van der Waals surface area (Å²) in [4.78, 5) is 4.02. The number of anilines is 1. The fraction of sp³-hybridized carbons (Fsp3) is 0.0667. The summed E-state index contributed by atoms with van der Waals surface area (Å²) in [6.07, 6.45) is 3.46. The van der Waals surface area contributed by atoms with Crippen LogP contribution in [0.2, 0.25) is 0 Å². The molecule has 0 bridgehead atoms. The van der Waals surface area contributed by atoms with Crippen LogP contribution in [-0.4, -0.2) is 22.3 Å². The Morgan fingerprint density at radius 1 is 1.10 bits per heavy atom. The van der Waals surface area contributed by atoms with Gasteiger partial charge in [0.1, 0.15) is 5.75 Å². The number of para-hydroxylation sites is 1. The molecule has 1 aromatic carbocycles. The Morgan fingerprint density at radius 3 is 2.60 bits per heavy atom. The number of nitrogens with two attached hydrogens (primary N) is 1. The van der Waals surface area contributed by atoms with E-state index in [0.717, 1.165) is 28.1 Å². The quantitative estimate of drug-likeness (QED) is 0.764. The molecule has 2 heterocycles. The molecule has 0 atom stereocenters. The molecule has 2 aromatic heterocycles. The molecule has 5 heteroatoms. The molecule has 0 radical (unpaired) electrons. The van der Waals surface area contributed by atoms with E-state index >= 15 is 0 Å². The van der Waals surface area contributed by atoms with Crippen molar-refractivity contribution in [3.05, 3.63) is 48.8 Å². The van der Waals surface area contributed by atoms with Crippen LogP contribution in [0.4, 0.5) is 5.82 Å². The van der Waals surface area contributed by atoms with Crippen LogP contribution in [0.3, 0.4) is 0 Å². The first-order valence-electron chi connectivity index (χ1n) is 6.19. The zero-order valence-corrected chi connectivity index (χ0v) is 11.0. The second-order valence-electron chi connectivity index (χ2n) is 4.30. The van der Waals surface area contributed by atoms with Gasteiger partial charge in [0.25, 0.3) is 0 Å². The van der Waals surface area contributed by atoms with Crippen molar-refractivity contribution in [1.29, 1.82) is 0 Å². The third-order valence-corrected chi connectivity index (χ3v) is 3.14. The highest BCUT2D eigenvalue weighted by Crippen LogP contribution is 2.38. The third-order valence-electron chi connectivity index (χ3n) is 3.14. The second-order valence-corrected chi connectivity index (χ2v) is 4.30. The molecule has 3 N–H and O–H groups in total. The SMILES string of the molecule is COc1ccccc1-c1[nH]nc(N)c1-c1ccncc1. The van der Waals surface area contributed by atoms with Gasteiger partial charge in [-0.1, -0.05) is 12.1 Å². The highest BCUT2D eigenvalue weighted by molar-refractivity contribution is 5.89. The number of rotatable bonds is 3. The maximum Gasteiger partial charge on any atom is 0.153 e. The van der Waals surface area contributed by atoms with Gasteiger partial charge in [0.05, 0.1) is 18.4 Å². The number of pyridine rings is 1. The molecule has 3 rings (SSSR count). The van der Waals surface area contributed by atoms with Gasteiger partial charge in [0.2, 0.25) is 0 Å². The van der Waals surface area contributed by atoms with Crippen molar-refractivity contribution in [2.75, 3.05) is 12.8 Å². The lowest BCUT2D eigenvalue weighted by atomic mass is 10.0. The van der Waals surface area contributed by atoms with Crippen LogP contribution in [0.15, 0.2) is 48.8 Å². The van der Waals surface area contributed by atoms with Gasteiger partial charge in [-0.25, -0.2) is 0 Å². The number of aromatic amines is 1. The van der Waals surface area contributed by atoms with E-state index in [1.54, 1.807) is 19.5 Å². The molecule has 0 spiro atoms. The number of H-pyrrole nitrogens is 1. The summed E-state index contributed by atoms with van der Waals surface area (Å²) in [7, 11) is 1.64. The molecule has 5 nitrogen and oxygen atoms in total. The Bertz CT molecular complexity index is 722. The first-order chi connectivity index (χ1) is 9.81. The van der Waals surface area contributed by atoms with Crippen LogP contribution in [0.5, 0.6) is 5.75 Å². The normalized spacial score (nSPS) is 10.4. The molecular weight excluding hydrogens is 252 g/mol. The van der Waals surface area contributed by atoms with Crippen molar-refractivity contribution < 1.29 is 4.74 Å². The lowest BCUT2D eigenvalue weighted by Crippen LogP contribution is -1.91. The number of hydrogen-bond donors (Lipinski definition) is 2. The number of nitrogens with one attached hydrogen (secondary N) is 1. The number of aromatic nitrogens is 3. The van der Waals surface area contributed by atoms with Crippen molar-refractivity contribution in [2.45, 2.75) is 0 Å². The van der Waals surface area contributed by atoms with E-state index in [2.05, 4.69) is 15.2 Å². The summed E-state index contributed by atoms with van der Waals surface area (Å²) in [6.45, 7) is 0. The largest absolute Gasteiger partial charge is 0.496 e. The van der Waals surface area contributed by atoms with E-state index < -0.39 is 0 Å². The van der Waals surface area contributed by atoms with Crippen molar-refractivity contribution in [2.24, 2.45) is 0 Å². The minimum atomic E-state index is 0.456. The second kappa shape index (κ2) is 5.05. The van der Waals surface area contributed by atoms with Gasteiger partial charge < -0.3 is 10.5 Å². The lowest BCUT2D eigenvalue weighted by molar-refractivity contribution is 0.416. The van der Waals surface area contributed by atoms with Crippen LogP contribution in [0.1, 0.15) is 0 Å². The average molecular weight is 266 g/mol. The average Bonchev–Trinajstić information content (AvgIpc) is 2.89. The van der Waals surface area contributed by atoms with Gasteiger partial charge in [-0.15, -0.1) is 0 Å². The van der Waals surface area contributed by atoms with E-state index in [9.17, 15) is 0 Å². The molecular formula is C15H14N4O. The fourth-order valence-corrected chi connectivity index (χ4v) is 2.21. The smallest absolute Gasteiger partial charge is 0.153 e. The first kappa shape index (κ1) is 12.2. The van der Waals surface area contributed by atoms with Gasteiger partial charge in [-0.3, -0.25) is 10.1 Å². The molecule has 0 aliphatic carbocycles. The van der Waals surface area contributed by atoms with Gasteiger partial charge in [0, 0.05) is 18.0 Å². The Morgan fingerprint density at radius 2 is 1.85 bits per heavy atom. The fourth-order valence-electron chi connectivity index (χ4n) is 2.21. The van der Waals surface area contributed by atoms with Gasteiger partial charge in [0.15, 0.2) is 5.82 Å². The summed E-state index contributed by atoms with van der Waals surface area (Å²) in [5.41, 5.74) is 9.58. The van der Waals surface area contributed by atoms with E-state index in [0.29, 0.717) is 5.82 Å². The summed E-state index contributed by atoms with van der Waals surface area (Å²) in [5, 5.41) is 7.11. The maximum atomic E-state index is 6.00. The summed E-state index contributed by atoms with van der Waals surface area (Å²) in [6, 6.07) is 11.6. The number of benzene rings is 1. The topological polar surface area (TPSA) is 76.8 Å². The zero-order chi connectivity index (χ0) is 13.9. The summed E-state index contributed by atoms with van der Waals surface area (Å²) in [5.74, 6) is 1.23. The predicted octanol–water partition coefficient (Wildman–Crippen LogP) is 2.73. The number of nitrogen functional groups attached to an aromatic ring is 1. The van der Waals surface area contributed by atoms with E-state index in [4.69, 9.17) is 10.5 Å². The predicted molar refractivity (Wildman–Crippen MR) is 78.2 cm³/mol. The van der Waals surface area contributed by atoms with Crippen molar-refractivity contribution in [1.82, 2.24) is 15.2 Å². The van der Waals surface area contributed by atoms with Crippen molar-refractivity contribution >= 4 is 5.82 Å². The maximum absolute atomic E-state index is 6.00. The third kappa shape index (κ3) is 1.99. The molecule has 0 saturated heterocycles. The lowest BCUT2D eigenvalue weighted by Gasteiger charge is -2.09. The molecule has 0 amide bonds. The number of nitrogens with zero attached hydrogens (tertiary/aromatic N) is 2. The van der Waals surface area contributed by atoms with E-state index in [-0.39, 0.29) is 0 Å². The number of hydrogen-bond acceptors (Lipinski definition) is 4. The molecule has 0 aliphatic heterocycles. The Balaban J connectivity index is 2.22. The molecule has 3 aromatic rings. The van der Waals surface area contributed by atoms with Crippen LogP contribution in [-0.2, 0) is 0 Å². The van der Waals surface area contributed by atoms with Gasteiger partial charge in [-0.2, -0.15) is 5.10 Å². The molecule has 20 heavy (non-hydrogen) atoms. The standard InChI is InChI=1S/C15H14N4O/c1-20-12-5-3-2-4-11(12)14-13(15(16)19-18-14)10-6-8-17-9-7-10/h2-9H,1H3,(H3,16,18,19). The Hall–Kier alpha value is -2.82. The molecule has 0 saturated carbocycles. The minimum absolute atomic E-state index is 0.456. The monoisotopic (exact) mass is 266 g/mol. The molecule has 0 aliphatic rings. The van der Waals surface area contributed by atoms with Gasteiger partial charge in [-0.05, 0) is 29.8 Å². The van der Waals surface area contributed by atoms with Crippen LogP contribution < -0.4 is 10.5 Å². The Kier molecular flexibility index (Phi) is 3.09. The van der Waals surface area contributed by atoms with E-state index in [1.807, 2.05) is 36.4 Å². The zero-order valence-electron chi connectivity index (χ0n) is 11.0. The number of methoxy groups -OCH3 is 1. The van der Waals surface area contributed by atoms with Crippen LogP contribution in [0.25, 0.3) is 22.4 Å². The minimum Gasteiger partial charge on any atom is -0.496 e. The van der Waals surface area contributed by atoms with Crippen LogP contribution >= 0.6 is 0 Å². The first-order valence-corrected chi connectivity index (χ1v) is 6.19. The highest BCUT2D eigenvalue weighted by atomic mass is 16.5. The molecule has 100 valence electrons. The highest BCUT2D eigenvalue weighted by Gasteiger charge is 2.17. The summed E-state index contributed by atoms with van der Waals surface area (Å²) >= 11 is 0. The van der Waals surface area contributed by atoms with Gasteiger partial charge >= 0.3 is 0 Å². The van der Waals surface area contributed by atoms with E-state index in [1.165, 1.54) is 0 Å². The van der Waals surface area contributed by atoms with Crippen LogP contribution in [0, 0.1) is 0 Å². The Labute approximate surface area is 116 Å². The molecule has 0 fully saturated rings. The van der Waals surface area contributed by atoms with Crippen molar-refractivity contribution in [3.8, 4) is 28.1 Å². The summed E-state index contributed by atoms with van der Waals surface area (Å²) < 4.78 is 5.40.